The van der Waals surface area contributed by atoms with Crippen molar-refractivity contribution in [3.8, 4) is 0 Å². The van der Waals surface area contributed by atoms with Crippen LogP contribution in [0.5, 0.6) is 0 Å². The van der Waals surface area contributed by atoms with Crippen LogP contribution < -0.4 is 9.21 Å². The van der Waals surface area contributed by atoms with Gasteiger partial charge < -0.3 is 4.90 Å². The Morgan fingerprint density at radius 3 is 2.66 bits per heavy atom. The average molecular weight is 447 g/mol. The van der Waals surface area contributed by atoms with E-state index in [-0.39, 0.29) is 22.5 Å². The number of nitrogens with zero attached hydrogens (tertiary/aromatic N) is 2. The lowest BCUT2D eigenvalue weighted by Crippen LogP contribution is -2.39. The highest BCUT2D eigenvalue weighted by Crippen LogP contribution is 2.48. The van der Waals surface area contributed by atoms with Gasteiger partial charge in [0.2, 0.25) is 5.91 Å². The highest BCUT2D eigenvalue weighted by atomic mass is 32.2. The molecule has 0 spiro atoms. The Bertz CT molecular complexity index is 1120. The fourth-order valence-corrected chi connectivity index (χ4v) is 8.56. The maximum absolute atomic E-state index is 13.8. The van der Waals surface area contributed by atoms with Crippen LogP contribution in [0.2, 0.25) is 0 Å². The molecule has 8 heteroatoms. The van der Waals surface area contributed by atoms with Crippen LogP contribution in [0.15, 0.2) is 51.1 Å². The van der Waals surface area contributed by atoms with Crippen molar-refractivity contribution in [1.29, 1.82) is 0 Å². The van der Waals surface area contributed by atoms with Crippen LogP contribution in [0, 0.1) is 0 Å². The Kier molecular flexibility index (Phi) is 4.64. The second-order valence-electron chi connectivity index (χ2n) is 7.65. The zero-order valence-electron chi connectivity index (χ0n) is 16.3. The Balaban J connectivity index is 1.65. The van der Waals surface area contributed by atoms with Gasteiger partial charge in [-0.15, -0.1) is 23.5 Å². The minimum atomic E-state index is -3.77. The normalized spacial score (nSPS) is 23.2. The first-order valence-electron chi connectivity index (χ1n) is 9.81. The van der Waals surface area contributed by atoms with Crippen LogP contribution in [0.4, 0.5) is 11.4 Å². The van der Waals surface area contributed by atoms with Gasteiger partial charge in [-0.25, -0.2) is 8.42 Å². The van der Waals surface area contributed by atoms with E-state index in [2.05, 4.69) is 13.8 Å². The monoisotopic (exact) mass is 446 g/mol. The number of thioether (sulfide) groups is 2. The lowest BCUT2D eigenvalue weighted by molar-refractivity contribution is -0.117. The molecule has 152 valence electrons. The first-order chi connectivity index (χ1) is 13.9. The van der Waals surface area contributed by atoms with Crippen LogP contribution in [-0.2, 0) is 21.2 Å². The predicted molar refractivity (Wildman–Crippen MR) is 119 cm³/mol. The number of benzene rings is 2. The molecule has 0 unspecified atom stereocenters. The van der Waals surface area contributed by atoms with Crippen LogP contribution in [-0.4, -0.2) is 37.9 Å². The summed E-state index contributed by atoms with van der Waals surface area (Å²) in [6.45, 7) is 5.26. The summed E-state index contributed by atoms with van der Waals surface area (Å²) in [5.41, 5.74) is 2.21. The van der Waals surface area contributed by atoms with Gasteiger partial charge in [-0.05, 0) is 30.7 Å². The van der Waals surface area contributed by atoms with Crippen molar-refractivity contribution in [1.82, 2.24) is 0 Å². The summed E-state index contributed by atoms with van der Waals surface area (Å²) in [5, 5.41) is 0.511. The minimum absolute atomic E-state index is 0.00270. The highest BCUT2D eigenvalue weighted by Gasteiger charge is 2.41. The number of carbonyl (C=O) groups is 1. The number of anilines is 2. The standard InChI is InChI=1S/C21H22N2O3S3/c1-3-14-12-23(16-6-4-5-7-17(16)28-14)29(25,26)19-9-8-18-21-15(19)10-20(24)22(21)11-13(2)27-18/h4-9,13-14H,3,10-12H2,1-2H3/t13-,14+/m1/s1. The number of carbonyl (C=O) groups excluding carboxylic acids is 1. The molecule has 5 rings (SSSR count). The molecule has 0 bridgehead atoms. The molecule has 29 heavy (non-hydrogen) atoms. The van der Waals surface area contributed by atoms with Gasteiger partial charge in [0.05, 0.1) is 22.7 Å². The van der Waals surface area contributed by atoms with Gasteiger partial charge in [-0.2, -0.15) is 0 Å². The van der Waals surface area contributed by atoms with E-state index < -0.39 is 10.0 Å². The summed E-state index contributed by atoms with van der Waals surface area (Å²) in [6, 6.07) is 11.3. The Labute approximate surface area is 179 Å². The summed E-state index contributed by atoms with van der Waals surface area (Å²) >= 11 is 3.46. The van der Waals surface area contributed by atoms with Gasteiger partial charge in [0.25, 0.3) is 10.0 Å². The predicted octanol–water partition coefficient (Wildman–Crippen LogP) is 4.15. The van der Waals surface area contributed by atoms with Gasteiger partial charge in [-0.3, -0.25) is 9.10 Å². The van der Waals surface area contributed by atoms with Crippen molar-refractivity contribution in [3.05, 3.63) is 42.0 Å². The van der Waals surface area contributed by atoms with E-state index in [1.807, 2.05) is 30.3 Å². The fraction of sp³-hybridized carbons (Fsp3) is 0.381. The van der Waals surface area contributed by atoms with Crippen LogP contribution in [0.1, 0.15) is 25.8 Å². The van der Waals surface area contributed by atoms with E-state index >= 15 is 0 Å². The topological polar surface area (TPSA) is 57.7 Å². The van der Waals surface area contributed by atoms with Gasteiger partial charge in [-0.1, -0.05) is 26.0 Å². The number of amides is 1. The molecule has 3 aliphatic heterocycles. The van der Waals surface area contributed by atoms with E-state index in [0.29, 0.717) is 23.9 Å². The smallest absolute Gasteiger partial charge is 0.264 e. The van der Waals surface area contributed by atoms with Crippen molar-refractivity contribution < 1.29 is 13.2 Å². The molecular weight excluding hydrogens is 424 g/mol. The molecule has 3 heterocycles. The molecule has 0 radical (unpaired) electrons. The largest absolute Gasteiger partial charge is 0.310 e. The SMILES string of the molecule is CC[C@H]1CN(S(=O)(=O)c2ccc3c4c2CC(=O)N4C[C@@H](C)S3)c2ccccc2S1. The first kappa shape index (κ1) is 19.3. The highest BCUT2D eigenvalue weighted by molar-refractivity contribution is 8.00. The third-order valence-corrected chi connectivity index (χ3v) is 10.1. The van der Waals surface area contributed by atoms with Gasteiger partial charge in [0.1, 0.15) is 0 Å². The quantitative estimate of drug-likeness (QED) is 0.709. The fourth-order valence-electron chi connectivity index (χ4n) is 4.30. The Morgan fingerprint density at radius 2 is 1.86 bits per heavy atom. The summed E-state index contributed by atoms with van der Waals surface area (Å²) in [7, 11) is -3.77. The van der Waals surface area contributed by atoms with E-state index in [1.165, 1.54) is 0 Å². The summed E-state index contributed by atoms with van der Waals surface area (Å²) in [6.07, 6.45) is 1.05. The number of rotatable bonds is 3. The molecule has 0 fully saturated rings. The van der Waals surface area contributed by atoms with E-state index in [4.69, 9.17) is 0 Å². The first-order valence-corrected chi connectivity index (χ1v) is 13.0. The molecule has 0 saturated heterocycles. The molecule has 0 aliphatic carbocycles. The van der Waals surface area contributed by atoms with Crippen molar-refractivity contribution in [3.63, 3.8) is 0 Å². The zero-order valence-corrected chi connectivity index (χ0v) is 18.7. The molecule has 0 N–H and O–H groups in total. The molecule has 0 saturated carbocycles. The maximum atomic E-state index is 13.8. The zero-order chi connectivity index (χ0) is 20.3. The van der Waals surface area contributed by atoms with Crippen molar-refractivity contribution in [2.24, 2.45) is 0 Å². The second kappa shape index (κ2) is 6.96. The van der Waals surface area contributed by atoms with Gasteiger partial charge in [0, 0.05) is 38.9 Å². The lowest BCUT2D eigenvalue weighted by Gasteiger charge is -2.35. The molecule has 5 nitrogen and oxygen atoms in total. The van der Waals surface area contributed by atoms with Crippen LogP contribution >= 0.6 is 23.5 Å². The number of fused-ring (bicyclic) bond motifs is 1. The lowest BCUT2D eigenvalue weighted by atomic mass is 10.1. The number of hydrogen-bond acceptors (Lipinski definition) is 5. The van der Waals surface area contributed by atoms with Gasteiger partial charge >= 0.3 is 0 Å². The number of para-hydroxylation sites is 1. The molecule has 2 aromatic rings. The third-order valence-electron chi connectivity index (χ3n) is 5.69. The van der Waals surface area contributed by atoms with Crippen molar-refractivity contribution in [2.45, 2.75) is 51.9 Å². The summed E-state index contributed by atoms with van der Waals surface area (Å²) < 4.78 is 29.2. The molecular formula is C21H22N2O3S3. The molecule has 3 aliphatic rings. The molecule has 2 aromatic carbocycles. The van der Waals surface area contributed by atoms with Gasteiger partial charge in [0.15, 0.2) is 0 Å². The second-order valence-corrected chi connectivity index (χ2v) is 12.3. The van der Waals surface area contributed by atoms with Crippen molar-refractivity contribution in [2.75, 3.05) is 22.3 Å². The average Bonchev–Trinajstić information content (AvgIpc) is 3.04. The van der Waals surface area contributed by atoms with Crippen LogP contribution in [0.25, 0.3) is 0 Å². The Morgan fingerprint density at radius 1 is 1.07 bits per heavy atom. The number of sulfonamides is 1. The summed E-state index contributed by atoms with van der Waals surface area (Å²) in [4.78, 5) is 16.7. The van der Waals surface area contributed by atoms with Crippen molar-refractivity contribution >= 4 is 50.8 Å². The summed E-state index contributed by atoms with van der Waals surface area (Å²) in [5.74, 6) is -0.00270. The Hall–Kier alpha value is -1.64. The molecule has 2 atom stereocenters. The molecule has 0 aromatic heterocycles. The minimum Gasteiger partial charge on any atom is -0.310 e. The third kappa shape index (κ3) is 2.99. The van der Waals surface area contributed by atoms with Crippen LogP contribution in [0.3, 0.4) is 0 Å². The maximum Gasteiger partial charge on any atom is 0.264 e. The van der Waals surface area contributed by atoms with E-state index in [9.17, 15) is 13.2 Å². The van der Waals surface area contributed by atoms with E-state index in [0.717, 1.165) is 27.6 Å². The number of hydrogen-bond donors (Lipinski definition) is 0. The molecule has 1 amide bonds. The van der Waals surface area contributed by atoms with E-state index in [1.54, 1.807) is 38.8 Å².